The molecule has 0 spiro atoms. The van der Waals surface area contributed by atoms with Crippen molar-refractivity contribution < 1.29 is 4.79 Å². The minimum absolute atomic E-state index is 0.192. The van der Waals surface area contributed by atoms with Crippen LogP contribution in [0, 0.1) is 13.8 Å². The second kappa shape index (κ2) is 4.89. The molecule has 0 atom stereocenters. The molecule has 5 nitrogen and oxygen atoms in total. The maximum absolute atomic E-state index is 12.4. The summed E-state index contributed by atoms with van der Waals surface area (Å²) in [4.78, 5) is 13.0. The number of nitrogens with one attached hydrogen (secondary N) is 1. The van der Waals surface area contributed by atoms with E-state index >= 15 is 0 Å². The molecular formula is C15H16N4OS. The van der Waals surface area contributed by atoms with Gasteiger partial charge in [-0.15, -0.1) is 11.3 Å². The van der Waals surface area contributed by atoms with Gasteiger partial charge in [0.05, 0.1) is 17.1 Å². The van der Waals surface area contributed by atoms with Crippen LogP contribution in [0.5, 0.6) is 0 Å². The molecular weight excluding hydrogens is 284 g/mol. The molecule has 21 heavy (non-hydrogen) atoms. The second-order valence-corrected chi connectivity index (χ2v) is 6.15. The van der Waals surface area contributed by atoms with Crippen molar-refractivity contribution in [3.63, 3.8) is 0 Å². The quantitative estimate of drug-likeness (QED) is 0.764. The number of nitrogen functional groups attached to an aromatic ring is 1. The minimum atomic E-state index is -0.192. The molecule has 0 radical (unpaired) electrons. The number of hydrogen-bond donors (Lipinski definition) is 2. The average molecular weight is 300 g/mol. The molecule has 3 N–H and O–H groups in total. The van der Waals surface area contributed by atoms with Crippen LogP contribution in [0.2, 0.25) is 0 Å². The smallest absolute Gasteiger partial charge is 0.267 e. The number of carbonyl (C=O) groups is 1. The summed E-state index contributed by atoms with van der Waals surface area (Å²) < 4.78 is 2.69. The summed E-state index contributed by atoms with van der Waals surface area (Å²) in [6, 6.07) is 6.02. The lowest BCUT2D eigenvalue weighted by molar-refractivity contribution is 0.103. The van der Waals surface area contributed by atoms with E-state index in [1.54, 1.807) is 10.9 Å². The van der Waals surface area contributed by atoms with Crippen LogP contribution in [-0.4, -0.2) is 15.7 Å². The van der Waals surface area contributed by atoms with Gasteiger partial charge in [0.1, 0.15) is 4.88 Å². The van der Waals surface area contributed by atoms with Crippen LogP contribution in [0.1, 0.15) is 20.9 Å². The molecule has 6 heteroatoms. The molecule has 0 saturated carbocycles. The number of hydrogen-bond acceptors (Lipinski definition) is 4. The van der Waals surface area contributed by atoms with Gasteiger partial charge >= 0.3 is 0 Å². The van der Waals surface area contributed by atoms with Crippen LogP contribution in [0.25, 0.3) is 10.1 Å². The summed E-state index contributed by atoms with van der Waals surface area (Å²) in [6.07, 6.45) is 1.78. The summed E-state index contributed by atoms with van der Waals surface area (Å²) in [5.74, 6) is -0.192. The SMILES string of the molecule is Cc1ccc2sc(C(=O)Nc3cn(C)nc3C)c(N)c2c1. The summed E-state index contributed by atoms with van der Waals surface area (Å²) in [5, 5.41) is 8.02. The first kappa shape index (κ1) is 13.6. The van der Waals surface area contributed by atoms with Crippen LogP contribution in [0.4, 0.5) is 11.4 Å². The number of anilines is 2. The molecule has 0 bridgehead atoms. The Hall–Kier alpha value is -2.34. The highest BCUT2D eigenvalue weighted by Crippen LogP contribution is 2.34. The Bertz CT molecular complexity index is 847. The van der Waals surface area contributed by atoms with Crippen molar-refractivity contribution in [2.24, 2.45) is 7.05 Å². The van der Waals surface area contributed by atoms with Gasteiger partial charge < -0.3 is 11.1 Å². The first-order valence-electron chi connectivity index (χ1n) is 6.56. The highest BCUT2D eigenvalue weighted by atomic mass is 32.1. The molecule has 3 aromatic rings. The van der Waals surface area contributed by atoms with E-state index < -0.39 is 0 Å². The average Bonchev–Trinajstić information content (AvgIpc) is 2.91. The topological polar surface area (TPSA) is 72.9 Å². The minimum Gasteiger partial charge on any atom is -0.397 e. The van der Waals surface area contributed by atoms with Gasteiger partial charge in [-0.25, -0.2) is 0 Å². The van der Waals surface area contributed by atoms with E-state index in [4.69, 9.17) is 5.73 Å². The van der Waals surface area contributed by atoms with E-state index in [9.17, 15) is 4.79 Å². The third-order valence-electron chi connectivity index (χ3n) is 3.35. The summed E-state index contributed by atoms with van der Waals surface area (Å²) in [7, 11) is 1.82. The Labute approximate surface area is 126 Å². The van der Waals surface area contributed by atoms with Gasteiger partial charge in [-0.05, 0) is 26.0 Å². The molecule has 0 saturated heterocycles. The van der Waals surface area contributed by atoms with Crippen LogP contribution in [0.3, 0.4) is 0 Å². The molecule has 1 amide bonds. The van der Waals surface area contributed by atoms with Crippen LogP contribution < -0.4 is 11.1 Å². The van der Waals surface area contributed by atoms with Crippen molar-refractivity contribution in [1.82, 2.24) is 9.78 Å². The zero-order valence-electron chi connectivity index (χ0n) is 12.1. The Morgan fingerprint density at radius 3 is 2.81 bits per heavy atom. The van der Waals surface area contributed by atoms with E-state index in [-0.39, 0.29) is 5.91 Å². The number of fused-ring (bicyclic) bond motifs is 1. The molecule has 0 fully saturated rings. The Morgan fingerprint density at radius 2 is 2.14 bits per heavy atom. The van der Waals surface area contributed by atoms with Gasteiger partial charge in [0.2, 0.25) is 0 Å². The Kier molecular flexibility index (Phi) is 3.17. The Morgan fingerprint density at radius 1 is 1.38 bits per heavy atom. The van der Waals surface area contributed by atoms with Gasteiger partial charge in [0, 0.05) is 23.3 Å². The molecule has 2 aromatic heterocycles. The molecule has 1 aromatic carbocycles. The van der Waals surface area contributed by atoms with Gasteiger partial charge in [-0.1, -0.05) is 11.6 Å². The fourth-order valence-electron chi connectivity index (χ4n) is 2.30. The number of aryl methyl sites for hydroxylation is 3. The third kappa shape index (κ3) is 2.38. The lowest BCUT2D eigenvalue weighted by Crippen LogP contribution is -2.12. The summed E-state index contributed by atoms with van der Waals surface area (Å²) in [5.41, 5.74) is 9.28. The molecule has 3 rings (SSSR count). The maximum Gasteiger partial charge on any atom is 0.267 e. The molecule has 108 valence electrons. The number of benzene rings is 1. The van der Waals surface area contributed by atoms with Gasteiger partial charge in [0.25, 0.3) is 5.91 Å². The fraction of sp³-hybridized carbons (Fsp3) is 0.200. The van der Waals surface area contributed by atoms with E-state index in [2.05, 4.69) is 10.4 Å². The number of amides is 1. The predicted octanol–water partition coefficient (Wildman–Crippen LogP) is 3.09. The van der Waals surface area contributed by atoms with Crippen LogP contribution >= 0.6 is 11.3 Å². The van der Waals surface area contributed by atoms with Crippen LogP contribution in [-0.2, 0) is 7.05 Å². The van der Waals surface area contributed by atoms with E-state index in [0.717, 1.165) is 21.3 Å². The standard InChI is InChI=1S/C15H16N4OS/c1-8-4-5-12-10(6-8)13(16)14(21-12)15(20)17-11-7-19(3)18-9(11)2/h4-7H,16H2,1-3H3,(H,17,20). The number of aromatic nitrogens is 2. The molecule has 0 unspecified atom stereocenters. The van der Waals surface area contributed by atoms with E-state index in [0.29, 0.717) is 16.3 Å². The molecule has 0 aliphatic heterocycles. The van der Waals surface area contributed by atoms with E-state index in [1.165, 1.54) is 11.3 Å². The van der Waals surface area contributed by atoms with Crippen molar-refractivity contribution in [2.75, 3.05) is 11.1 Å². The maximum atomic E-state index is 12.4. The van der Waals surface area contributed by atoms with Gasteiger partial charge in [-0.2, -0.15) is 5.10 Å². The summed E-state index contributed by atoms with van der Waals surface area (Å²) in [6.45, 7) is 3.86. The monoisotopic (exact) mass is 300 g/mol. The normalized spacial score (nSPS) is 11.0. The first-order valence-corrected chi connectivity index (χ1v) is 7.37. The number of thiophene rings is 1. The van der Waals surface area contributed by atoms with Gasteiger partial charge in [0.15, 0.2) is 0 Å². The van der Waals surface area contributed by atoms with Crippen molar-refractivity contribution >= 4 is 38.7 Å². The van der Waals surface area contributed by atoms with Crippen molar-refractivity contribution in [1.29, 1.82) is 0 Å². The number of nitrogens with two attached hydrogens (primary N) is 1. The fourth-order valence-corrected chi connectivity index (χ4v) is 3.30. The summed E-state index contributed by atoms with van der Waals surface area (Å²) >= 11 is 1.41. The zero-order chi connectivity index (χ0) is 15.1. The molecule has 2 heterocycles. The number of nitrogens with zero attached hydrogens (tertiary/aromatic N) is 2. The predicted molar refractivity (Wildman–Crippen MR) is 86.9 cm³/mol. The number of carbonyl (C=O) groups excluding carboxylic acids is 1. The van der Waals surface area contributed by atoms with E-state index in [1.807, 2.05) is 39.1 Å². The zero-order valence-corrected chi connectivity index (χ0v) is 12.9. The first-order chi connectivity index (χ1) is 9.95. The highest BCUT2D eigenvalue weighted by molar-refractivity contribution is 7.21. The number of rotatable bonds is 2. The van der Waals surface area contributed by atoms with Crippen molar-refractivity contribution in [3.05, 3.63) is 40.5 Å². The Balaban J connectivity index is 1.98. The second-order valence-electron chi connectivity index (χ2n) is 5.10. The lowest BCUT2D eigenvalue weighted by Gasteiger charge is -2.02. The largest absolute Gasteiger partial charge is 0.397 e. The third-order valence-corrected chi connectivity index (χ3v) is 4.54. The van der Waals surface area contributed by atoms with Gasteiger partial charge in [-0.3, -0.25) is 9.48 Å². The van der Waals surface area contributed by atoms with Crippen molar-refractivity contribution in [3.8, 4) is 0 Å². The molecule has 0 aliphatic carbocycles. The highest BCUT2D eigenvalue weighted by Gasteiger charge is 2.18. The van der Waals surface area contributed by atoms with Crippen LogP contribution in [0.15, 0.2) is 24.4 Å². The molecule has 0 aliphatic rings. The lowest BCUT2D eigenvalue weighted by atomic mass is 10.1. The van der Waals surface area contributed by atoms with Crippen molar-refractivity contribution in [2.45, 2.75) is 13.8 Å².